The van der Waals surface area contributed by atoms with E-state index in [9.17, 15) is 14.4 Å². The Labute approximate surface area is 150 Å². The monoisotopic (exact) mass is 357 g/mol. The molecule has 1 atom stereocenters. The number of rotatable bonds is 8. The van der Waals surface area contributed by atoms with Gasteiger partial charge in [0, 0.05) is 6.54 Å². The first-order valence-corrected chi connectivity index (χ1v) is 7.94. The fourth-order valence-corrected chi connectivity index (χ4v) is 2.06. The Morgan fingerprint density at radius 3 is 1.85 bits per heavy atom. The van der Waals surface area contributed by atoms with Crippen LogP contribution in [0, 0.1) is 5.92 Å². The van der Waals surface area contributed by atoms with Crippen LogP contribution < -0.4 is 5.32 Å². The van der Waals surface area contributed by atoms with Crippen LogP contribution >= 0.6 is 0 Å². The van der Waals surface area contributed by atoms with E-state index in [1.54, 1.807) is 48.5 Å². The van der Waals surface area contributed by atoms with Gasteiger partial charge in [-0.3, -0.25) is 9.59 Å². The van der Waals surface area contributed by atoms with Crippen LogP contribution in [0.15, 0.2) is 60.7 Å². The van der Waals surface area contributed by atoms with Crippen LogP contribution in [0.2, 0.25) is 0 Å². The van der Waals surface area contributed by atoms with Crippen molar-refractivity contribution in [1.29, 1.82) is 0 Å². The molecule has 2 aromatic carbocycles. The molecule has 0 fully saturated rings. The highest BCUT2D eigenvalue weighted by Gasteiger charge is 2.28. The molecule has 0 spiro atoms. The van der Waals surface area contributed by atoms with Crippen molar-refractivity contribution in [3.05, 3.63) is 71.8 Å². The smallest absolute Gasteiger partial charge is 0.407 e. The highest BCUT2D eigenvalue weighted by Crippen LogP contribution is 2.06. The summed E-state index contributed by atoms with van der Waals surface area (Å²) in [5.74, 6) is -3.82. The van der Waals surface area contributed by atoms with E-state index in [-0.39, 0.29) is 13.2 Å². The molecule has 0 aliphatic carbocycles. The normalized spacial score (nSPS) is 11.2. The minimum atomic E-state index is -1.51. The van der Waals surface area contributed by atoms with Crippen LogP contribution in [0.4, 0.5) is 4.79 Å². The van der Waals surface area contributed by atoms with Gasteiger partial charge < -0.3 is 19.9 Å². The Hall–Kier alpha value is -3.35. The van der Waals surface area contributed by atoms with Crippen molar-refractivity contribution in [2.45, 2.75) is 13.2 Å². The SMILES string of the molecule is O=C(NCC(C(=O)O)C(=O)OCc1ccccc1)OCc1ccccc1. The zero-order valence-electron chi connectivity index (χ0n) is 14.0. The average Bonchev–Trinajstić information content (AvgIpc) is 2.66. The second kappa shape index (κ2) is 9.83. The molecule has 0 saturated heterocycles. The molecule has 0 aromatic heterocycles. The predicted octanol–water partition coefficient (Wildman–Crippen LogP) is 2.36. The van der Waals surface area contributed by atoms with Gasteiger partial charge in [0.1, 0.15) is 13.2 Å². The largest absolute Gasteiger partial charge is 0.481 e. The van der Waals surface area contributed by atoms with E-state index in [4.69, 9.17) is 14.6 Å². The molecule has 0 bridgehead atoms. The van der Waals surface area contributed by atoms with E-state index >= 15 is 0 Å². The van der Waals surface area contributed by atoms with Gasteiger partial charge in [-0.05, 0) is 11.1 Å². The Kier molecular flexibility index (Phi) is 7.17. The fourth-order valence-electron chi connectivity index (χ4n) is 2.06. The number of hydrogen-bond donors (Lipinski definition) is 2. The lowest BCUT2D eigenvalue weighted by Crippen LogP contribution is -2.38. The number of aliphatic carboxylic acids is 1. The maximum absolute atomic E-state index is 12.0. The molecule has 0 saturated carbocycles. The van der Waals surface area contributed by atoms with Crippen LogP contribution in [0.3, 0.4) is 0 Å². The third-order valence-electron chi connectivity index (χ3n) is 3.47. The molecule has 2 rings (SSSR count). The van der Waals surface area contributed by atoms with Gasteiger partial charge in [-0.2, -0.15) is 0 Å². The molecule has 0 aliphatic heterocycles. The van der Waals surface area contributed by atoms with E-state index in [2.05, 4.69) is 5.32 Å². The maximum Gasteiger partial charge on any atom is 0.407 e. The van der Waals surface area contributed by atoms with Gasteiger partial charge in [0.05, 0.1) is 0 Å². The minimum absolute atomic E-state index is 0.0398. The molecular weight excluding hydrogens is 338 g/mol. The van der Waals surface area contributed by atoms with Gasteiger partial charge in [0.2, 0.25) is 0 Å². The molecule has 1 unspecified atom stereocenters. The maximum atomic E-state index is 12.0. The van der Waals surface area contributed by atoms with Crippen molar-refractivity contribution in [2.24, 2.45) is 5.92 Å². The summed E-state index contributed by atoms with van der Waals surface area (Å²) in [6.07, 6.45) is -0.809. The van der Waals surface area contributed by atoms with Gasteiger partial charge in [-0.15, -0.1) is 0 Å². The number of benzene rings is 2. The lowest BCUT2D eigenvalue weighted by molar-refractivity contribution is -0.159. The Morgan fingerprint density at radius 1 is 0.846 bits per heavy atom. The number of carbonyl (C=O) groups excluding carboxylic acids is 2. The van der Waals surface area contributed by atoms with Crippen molar-refractivity contribution in [3.8, 4) is 0 Å². The summed E-state index contributed by atoms with van der Waals surface area (Å²) in [6, 6.07) is 17.9. The minimum Gasteiger partial charge on any atom is -0.481 e. The number of esters is 1. The van der Waals surface area contributed by atoms with E-state index < -0.39 is 30.5 Å². The van der Waals surface area contributed by atoms with E-state index in [0.29, 0.717) is 0 Å². The molecule has 0 heterocycles. The lowest BCUT2D eigenvalue weighted by atomic mass is 10.1. The summed E-state index contributed by atoms with van der Waals surface area (Å²) in [5, 5.41) is 11.4. The number of carbonyl (C=O) groups is 3. The molecular formula is C19H19NO6. The second-order valence-electron chi connectivity index (χ2n) is 5.43. The Morgan fingerprint density at radius 2 is 1.35 bits per heavy atom. The number of carboxylic acids is 1. The highest BCUT2D eigenvalue weighted by molar-refractivity contribution is 5.94. The first-order chi connectivity index (χ1) is 12.6. The topological polar surface area (TPSA) is 102 Å². The van der Waals surface area contributed by atoms with Gasteiger partial charge in [-0.25, -0.2) is 4.79 Å². The zero-order chi connectivity index (χ0) is 18.8. The number of amides is 1. The number of hydrogen-bond acceptors (Lipinski definition) is 5. The van der Waals surface area contributed by atoms with Crippen LogP contribution in [-0.2, 0) is 32.3 Å². The van der Waals surface area contributed by atoms with Gasteiger partial charge >= 0.3 is 18.0 Å². The molecule has 7 nitrogen and oxygen atoms in total. The van der Waals surface area contributed by atoms with Crippen LogP contribution in [0.5, 0.6) is 0 Å². The van der Waals surface area contributed by atoms with Crippen LogP contribution in [-0.4, -0.2) is 29.7 Å². The number of ether oxygens (including phenoxy) is 2. The molecule has 0 aliphatic rings. The standard InChI is InChI=1S/C19H19NO6/c21-17(22)16(18(23)25-12-14-7-3-1-4-8-14)11-20-19(24)26-13-15-9-5-2-6-10-15/h1-10,16H,11-13H2,(H,20,24)(H,21,22). The number of alkyl carbamates (subject to hydrolysis) is 1. The van der Waals surface area contributed by atoms with E-state index in [1.165, 1.54) is 0 Å². The summed E-state index contributed by atoms with van der Waals surface area (Å²) in [4.78, 5) is 34.9. The number of nitrogens with one attached hydrogen (secondary N) is 1. The molecule has 0 radical (unpaired) electrons. The summed E-state index contributed by atoms with van der Waals surface area (Å²) in [5.41, 5.74) is 1.53. The quantitative estimate of drug-likeness (QED) is 0.555. The van der Waals surface area contributed by atoms with E-state index in [0.717, 1.165) is 11.1 Å². The predicted molar refractivity (Wildman–Crippen MR) is 92.0 cm³/mol. The van der Waals surface area contributed by atoms with Crippen molar-refractivity contribution in [1.82, 2.24) is 5.32 Å². The zero-order valence-corrected chi connectivity index (χ0v) is 14.0. The molecule has 26 heavy (non-hydrogen) atoms. The highest BCUT2D eigenvalue weighted by atomic mass is 16.5. The molecule has 1 amide bonds. The van der Waals surface area contributed by atoms with Crippen molar-refractivity contribution < 1.29 is 29.0 Å². The van der Waals surface area contributed by atoms with Crippen molar-refractivity contribution in [2.75, 3.05) is 6.54 Å². The fraction of sp³-hybridized carbons (Fsp3) is 0.211. The summed E-state index contributed by atoms with van der Waals surface area (Å²) in [6.45, 7) is -0.415. The molecule has 2 N–H and O–H groups in total. The molecule has 7 heteroatoms. The second-order valence-corrected chi connectivity index (χ2v) is 5.43. The lowest BCUT2D eigenvalue weighted by Gasteiger charge is -2.13. The third kappa shape index (κ3) is 6.27. The average molecular weight is 357 g/mol. The first-order valence-electron chi connectivity index (χ1n) is 7.94. The third-order valence-corrected chi connectivity index (χ3v) is 3.47. The molecule has 136 valence electrons. The van der Waals surface area contributed by atoms with Crippen molar-refractivity contribution >= 4 is 18.0 Å². The Bertz CT molecular complexity index is 732. The number of carboxylic acid groups (broad SMARTS) is 1. The van der Waals surface area contributed by atoms with Crippen LogP contribution in [0.25, 0.3) is 0 Å². The van der Waals surface area contributed by atoms with Crippen molar-refractivity contribution in [3.63, 3.8) is 0 Å². The van der Waals surface area contributed by atoms with Gasteiger partial charge in [0.25, 0.3) is 0 Å². The van der Waals surface area contributed by atoms with Crippen LogP contribution in [0.1, 0.15) is 11.1 Å². The van der Waals surface area contributed by atoms with E-state index in [1.807, 2.05) is 12.1 Å². The van der Waals surface area contributed by atoms with Gasteiger partial charge in [0.15, 0.2) is 5.92 Å². The summed E-state index contributed by atoms with van der Waals surface area (Å²) < 4.78 is 9.97. The Balaban J connectivity index is 1.78. The summed E-state index contributed by atoms with van der Waals surface area (Å²) >= 11 is 0. The summed E-state index contributed by atoms with van der Waals surface area (Å²) in [7, 11) is 0. The molecule has 2 aromatic rings. The van der Waals surface area contributed by atoms with Gasteiger partial charge in [-0.1, -0.05) is 60.7 Å². The first kappa shape index (κ1) is 19.0.